The van der Waals surface area contributed by atoms with Crippen LogP contribution in [0.5, 0.6) is 0 Å². The van der Waals surface area contributed by atoms with Gasteiger partial charge in [0.1, 0.15) is 0 Å². The number of nitrogens with one attached hydrogen (secondary N) is 2. The number of alkyl halides is 3. The highest BCUT2D eigenvalue weighted by molar-refractivity contribution is 7.89. The molecular formula is C17H14F3N5O3S. The van der Waals surface area contributed by atoms with Crippen LogP contribution < -0.4 is 10.0 Å². The number of amides is 1. The maximum absolute atomic E-state index is 12.7. The first-order valence-corrected chi connectivity index (χ1v) is 9.56. The summed E-state index contributed by atoms with van der Waals surface area (Å²) in [5.41, 5.74) is -0.794. The van der Waals surface area contributed by atoms with Crippen molar-refractivity contribution in [3.8, 4) is 5.82 Å². The van der Waals surface area contributed by atoms with Crippen molar-refractivity contribution in [3.63, 3.8) is 0 Å². The van der Waals surface area contributed by atoms with Crippen molar-refractivity contribution in [2.75, 3.05) is 11.9 Å². The summed E-state index contributed by atoms with van der Waals surface area (Å²) in [5.74, 6) is -0.201. The lowest BCUT2D eigenvalue weighted by molar-refractivity contribution is -0.137. The van der Waals surface area contributed by atoms with E-state index in [-0.39, 0.29) is 0 Å². The number of carbonyl (C=O) groups is 1. The van der Waals surface area contributed by atoms with E-state index in [0.29, 0.717) is 17.6 Å². The minimum Gasteiger partial charge on any atom is -0.324 e. The van der Waals surface area contributed by atoms with Gasteiger partial charge in [-0.15, -0.1) is 0 Å². The Balaban J connectivity index is 1.61. The topological polar surface area (TPSA) is 106 Å². The summed E-state index contributed by atoms with van der Waals surface area (Å²) in [7, 11) is -4.30. The molecule has 8 nitrogen and oxygen atoms in total. The molecule has 0 bridgehead atoms. The quantitative estimate of drug-likeness (QED) is 0.630. The van der Waals surface area contributed by atoms with E-state index < -0.39 is 39.1 Å². The molecule has 12 heteroatoms. The fraction of sp³-hybridized carbons (Fsp3) is 0.118. The number of rotatable bonds is 6. The van der Waals surface area contributed by atoms with Gasteiger partial charge in [0.2, 0.25) is 15.9 Å². The average Bonchev–Trinajstić information content (AvgIpc) is 3.21. The third-order valence-corrected chi connectivity index (χ3v) is 5.06. The Labute approximate surface area is 163 Å². The largest absolute Gasteiger partial charge is 0.416 e. The second kappa shape index (κ2) is 8.01. The second-order valence-corrected chi connectivity index (χ2v) is 7.52. The molecule has 0 radical (unpaired) electrons. The Morgan fingerprint density at radius 2 is 1.93 bits per heavy atom. The first-order valence-electron chi connectivity index (χ1n) is 8.08. The molecule has 0 fully saturated rings. The van der Waals surface area contributed by atoms with E-state index in [2.05, 4.69) is 15.4 Å². The molecule has 0 unspecified atom stereocenters. The van der Waals surface area contributed by atoms with Gasteiger partial charge in [-0.3, -0.25) is 4.79 Å². The van der Waals surface area contributed by atoms with E-state index in [1.165, 1.54) is 10.9 Å². The number of hydrogen-bond donors (Lipinski definition) is 2. The Kier molecular flexibility index (Phi) is 5.66. The Hall–Kier alpha value is -3.25. The monoisotopic (exact) mass is 425 g/mol. The average molecular weight is 425 g/mol. The molecule has 0 aliphatic carbocycles. The van der Waals surface area contributed by atoms with Crippen LogP contribution >= 0.6 is 0 Å². The highest BCUT2D eigenvalue weighted by Crippen LogP contribution is 2.30. The van der Waals surface area contributed by atoms with Crippen molar-refractivity contribution in [1.82, 2.24) is 19.5 Å². The third-order valence-electron chi connectivity index (χ3n) is 3.67. The standard InChI is InChI=1S/C17H14F3N5O3S/c18-17(19,20)12-3-1-4-14(9-12)29(27,28)23-11-16(26)24-13-5-6-15(21-10-13)25-8-2-7-22-25/h1-10,23H,11H2,(H,24,26). The molecular weight excluding hydrogens is 411 g/mol. The van der Waals surface area contributed by atoms with Gasteiger partial charge >= 0.3 is 6.18 Å². The second-order valence-electron chi connectivity index (χ2n) is 5.75. The minimum absolute atomic E-state index is 0.309. The number of halogens is 3. The van der Waals surface area contributed by atoms with Gasteiger partial charge in [-0.05, 0) is 36.4 Å². The van der Waals surface area contributed by atoms with Gasteiger partial charge in [0.15, 0.2) is 5.82 Å². The number of benzene rings is 1. The molecule has 1 amide bonds. The Morgan fingerprint density at radius 3 is 2.55 bits per heavy atom. The minimum atomic E-state index is -4.68. The van der Waals surface area contributed by atoms with E-state index in [4.69, 9.17) is 0 Å². The highest BCUT2D eigenvalue weighted by Gasteiger charge is 2.31. The summed E-state index contributed by atoms with van der Waals surface area (Å²) in [6.07, 6.45) is -0.0640. The van der Waals surface area contributed by atoms with Crippen LogP contribution in [0.4, 0.5) is 18.9 Å². The van der Waals surface area contributed by atoms with E-state index in [9.17, 15) is 26.4 Å². The summed E-state index contributed by atoms with van der Waals surface area (Å²) < 4.78 is 66.0. The van der Waals surface area contributed by atoms with Crippen molar-refractivity contribution in [2.24, 2.45) is 0 Å². The summed E-state index contributed by atoms with van der Waals surface area (Å²) >= 11 is 0. The van der Waals surface area contributed by atoms with Crippen molar-refractivity contribution >= 4 is 21.6 Å². The highest BCUT2D eigenvalue weighted by atomic mass is 32.2. The SMILES string of the molecule is O=C(CNS(=O)(=O)c1cccc(C(F)(F)F)c1)Nc1ccc(-n2cccn2)nc1. The van der Waals surface area contributed by atoms with Gasteiger partial charge in [0.25, 0.3) is 0 Å². The van der Waals surface area contributed by atoms with Gasteiger partial charge in [-0.2, -0.15) is 18.3 Å². The van der Waals surface area contributed by atoms with Crippen LogP contribution in [0.2, 0.25) is 0 Å². The molecule has 2 aromatic heterocycles. The molecule has 3 rings (SSSR count). The van der Waals surface area contributed by atoms with Crippen LogP contribution in [-0.4, -0.2) is 35.6 Å². The van der Waals surface area contributed by atoms with Crippen LogP contribution in [0, 0.1) is 0 Å². The van der Waals surface area contributed by atoms with Gasteiger partial charge < -0.3 is 5.32 Å². The first kappa shape index (κ1) is 20.5. The summed E-state index contributed by atoms with van der Waals surface area (Å²) in [4.78, 5) is 15.5. The number of hydrogen-bond acceptors (Lipinski definition) is 5. The summed E-state index contributed by atoms with van der Waals surface area (Å²) in [6, 6.07) is 8.09. The number of pyridine rings is 1. The number of carbonyl (C=O) groups excluding carboxylic acids is 1. The zero-order valence-electron chi connectivity index (χ0n) is 14.6. The molecule has 1 aromatic carbocycles. The molecule has 0 atom stereocenters. The lowest BCUT2D eigenvalue weighted by atomic mass is 10.2. The van der Waals surface area contributed by atoms with Gasteiger partial charge in [0.05, 0.1) is 28.9 Å². The van der Waals surface area contributed by atoms with Crippen LogP contribution in [0.1, 0.15) is 5.56 Å². The van der Waals surface area contributed by atoms with Crippen LogP contribution in [0.3, 0.4) is 0 Å². The van der Waals surface area contributed by atoms with E-state index in [1.807, 2.05) is 4.72 Å². The van der Waals surface area contributed by atoms with Gasteiger partial charge in [-0.25, -0.2) is 22.8 Å². The predicted molar refractivity (Wildman–Crippen MR) is 96.6 cm³/mol. The predicted octanol–water partition coefficient (Wildman–Crippen LogP) is 2.20. The summed E-state index contributed by atoms with van der Waals surface area (Å²) in [6.45, 7) is -0.667. The zero-order chi connectivity index (χ0) is 21.1. The normalized spacial score (nSPS) is 12.0. The number of sulfonamides is 1. The molecule has 0 saturated heterocycles. The molecule has 0 aliphatic heterocycles. The molecule has 0 spiro atoms. The maximum Gasteiger partial charge on any atom is 0.416 e. The molecule has 2 heterocycles. The summed E-state index contributed by atoms with van der Waals surface area (Å²) in [5, 5.41) is 6.44. The van der Waals surface area contributed by atoms with E-state index in [0.717, 1.165) is 18.2 Å². The fourth-order valence-electron chi connectivity index (χ4n) is 2.29. The van der Waals surface area contributed by atoms with Gasteiger partial charge in [-0.1, -0.05) is 6.07 Å². The van der Waals surface area contributed by atoms with Crippen LogP contribution in [0.15, 0.2) is 66.0 Å². The lowest BCUT2D eigenvalue weighted by Crippen LogP contribution is -2.33. The first-order chi connectivity index (χ1) is 13.6. The van der Waals surface area contributed by atoms with E-state index in [1.54, 1.807) is 30.6 Å². The van der Waals surface area contributed by atoms with Crippen LogP contribution in [-0.2, 0) is 21.0 Å². The number of nitrogens with zero attached hydrogens (tertiary/aromatic N) is 3. The van der Waals surface area contributed by atoms with Crippen molar-refractivity contribution < 1.29 is 26.4 Å². The molecule has 152 valence electrons. The molecule has 2 N–H and O–H groups in total. The van der Waals surface area contributed by atoms with Crippen molar-refractivity contribution in [1.29, 1.82) is 0 Å². The Bertz CT molecular complexity index is 1100. The van der Waals surface area contributed by atoms with Crippen LogP contribution in [0.25, 0.3) is 5.82 Å². The van der Waals surface area contributed by atoms with Crippen molar-refractivity contribution in [2.45, 2.75) is 11.1 Å². The third kappa shape index (κ3) is 5.18. The fourth-order valence-corrected chi connectivity index (χ4v) is 3.32. The van der Waals surface area contributed by atoms with Crippen molar-refractivity contribution in [3.05, 3.63) is 66.6 Å². The number of anilines is 1. The lowest BCUT2D eigenvalue weighted by Gasteiger charge is -2.10. The smallest absolute Gasteiger partial charge is 0.324 e. The molecule has 0 saturated carbocycles. The zero-order valence-corrected chi connectivity index (χ0v) is 15.4. The Morgan fingerprint density at radius 1 is 1.14 bits per heavy atom. The molecule has 3 aromatic rings. The molecule has 0 aliphatic rings. The maximum atomic E-state index is 12.7. The van der Waals surface area contributed by atoms with E-state index >= 15 is 0 Å². The number of aromatic nitrogens is 3. The van der Waals surface area contributed by atoms with Gasteiger partial charge in [0, 0.05) is 12.4 Å². The molecule has 29 heavy (non-hydrogen) atoms.